The summed E-state index contributed by atoms with van der Waals surface area (Å²) in [7, 11) is -3.98. The van der Waals surface area contributed by atoms with Gasteiger partial charge in [-0.15, -0.1) is 0 Å². The lowest BCUT2D eigenvalue weighted by Gasteiger charge is -2.41. The van der Waals surface area contributed by atoms with E-state index in [4.69, 9.17) is 4.74 Å². The Hall–Kier alpha value is -3.32. The van der Waals surface area contributed by atoms with E-state index in [0.717, 1.165) is 40.8 Å². The Morgan fingerprint density at radius 2 is 1.65 bits per heavy atom. The quantitative estimate of drug-likeness (QED) is 0.395. The number of ether oxygens (including phenoxy) is 1. The van der Waals surface area contributed by atoms with Crippen LogP contribution in [0.15, 0.2) is 71.6 Å². The number of rotatable bonds is 8. The van der Waals surface area contributed by atoms with Gasteiger partial charge in [0.05, 0.1) is 16.6 Å². The number of carbonyl (C=O) groups is 1. The van der Waals surface area contributed by atoms with Gasteiger partial charge in [0.15, 0.2) is 0 Å². The van der Waals surface area contributed by atoms with Crippen molar-refractivity contribution in [3.63, 3.8) is 0 Å². The van der Waals surface area contributed by atoms with Crippen molar-refractivity contribution < 1.29 is 17.9 Å². The van der Waals surface area contributed by atoms with Crippen LogP contribution in [0, 0.1) is 20.8 Å². The number of carbonyl (C=O) groups excluding carboxylic acids is 1. The molecule has 4 rings (SSSR count). The summed E-state index contributed by atoms with van der Waals surface area (Å²) in [5.74, 6) is 0.401. The highest BCUT2D eigenvalue weighted by molar-refractivity contribution is 7.92. The summed E-state index contributed by atoms with van der Waals surface area (Å²) in [5, 5.41) is 3.13. The molecule has 1 heterocycles. The van der Waals surface area contributed by atoms with E-state index in [0.29, 0.717) is 12.1 Å². The minimum absolute atomic E-state index is 0.150. The molecule has 0 saturated heterocycles. The molecule has 0 fully saturated rings. The predicted molar refractivity (Wildman–Crippen MR) is 148 cm³/mol. The lowest BCUT2D eigenvalue weighted by Crippen LogP contribution is -2.47. The molecule has 37 heavy (non-hydrogen) atoms. The van der Waals surface area contributed by atoms with Crippen molar-refractivity contribution in [2.24, 2.45) is 0 Å². The number of anilines is 1. The average molecular weight is 521 g/mol. The van der Waals surface area contributed by atoms with Crippen LogP contribution in [0.2, 0.25) is 0 Å². The summed E-state index contributed by atoms with van der Waals surface area (Å²) in [6.07, 6.45) is 2.23. The second-order valence-corrected chi connectivity index (χ2v) is 11.8. The van der Waals surface area contributed by atoms with Crippen molar-refractivity contribution in [3.8, 4) is 5.75 Å². The third-order valence-electron chi connectivity index (χ3n) is 7.50. The van der Waals surface area contributed by atoms with Gasteiger partial charge in [0, 0.05) is 12.0 Å². The van der Waals surface area contributed by atoms with Crippen molar-refractivity contribution in [2.75, 3.05) is 10.8 Å². The Morgan fingerprint density at radius 1 is 0.973 bits per heavy atom. The number of nitrogens with one attached hydrogen (secondary N) is 1. The number of nitrogens with zero attached hydrogens (tertiary/aromatic N) is 1. The molecule has 1 atom stereocenters. The second kappa shape index (κ2) is 10.6. The van der Waals surface area contributed by atoms with Crippen LogP contribution in [0.4, 0.5) is 5.69 Å². The number of amides is 1. The first kappa shape index (κ1) is 26.7. The third kappa shape index (κ3) is 5.52. The summed E-state index contributed by atoms with van der Waals surface area (Å²) >= 11 is 0. The first-order chi connectivity index (χ1) is 17.6. The monoisotopic (exact) mass is 520 g/mol. The van der Waals surface area contributed by atoms with Gasteiger partial charge < -0.3 is 10.1 Å². The molecule has 7 heteroatoms. The zero-order chi connectivity index (χ0) is 26.8. The normalized spacial score (nSPS) is 16.4. The number of fused-ring (bicyclic) bond motifs is 1. The Bertz CT molecular complexity index is 1380. The first-order valence-corrected chi connectivity index (χ1v) is 14.3. The fourth-order valence-corrected chi connectivity index (χ4v) is 6.25. The van der Waals surface area contributed by atoms with Gasteiger partial charge in [-0.2, -0.15) is 0 Å². The van der Waals surface area contributed by atoms with E-state index in [-0.39, 0.29) is 29.0 Å². The number of sulfonamides is 1. The van der Waals surface area contributed by atoms with Crippen molar-refractivity contribution in [3.05, 3.63) is 89.0 Å². The average Bonchev–Trinajstić information content (AvgIpc) is 2.89. The molecule has 1 aliphatic rings. The molecule has 0 aliphatic carbocycles. The molecule has 0 saturated carbocycles. The predicted octanol–water partition coefficient (Wildman–Crippen LogP) is 6.01. The number of benzene rings is 3. The molecule has 0 radical (unpaired) electrons. The van der Waals surface area contributed by atoms with Gasteiger partial charge in [-0.05, 0) is 75.1 Å². The second-order valence-electron chi connectivity index (χ2n) is 9.95. The number of hydrogen-bond acceptors (Lipinski definition) is 4. The molecular formula is C30H36N2O4S. The van der Waals surface area contributed by atoms with Gasteiger partial charge in [0.25, 0.3) is 10.0 Å². The fourth-order valence-electron chi connectivity index (χ4n) is 4.83. The van der Waals surface area contributed by atoms with Gasteiger partial charge in [0.2, 0.25) is 5.91 Å². The lowest BCUT2D eigenvalue weighted by atomic mass is 9.83. The van der Waals surface area contributed by atoms with Gasteiger partial charge >= 0.3 is 0 Å². The van der Waals surface area contributed by atoms with E-state index in [2.05, 4.69) is 19.2 Å². The molecule has 0 bridgehead atoms. The minimum atomic E-state index is -3.98. The standard InChI is InChI=1S/C30H36N2O4S/c1-6-30(7-2)19-27(26-10-8-9-11-28(26)36-30)31-29(33)20-32(24-15-14-22(4)23(5)18-24)37(34,35)25-16-12-21(3)13-17-25/h8-18,27H,6-7,19-20H2,1-5H3,(H,31,33)/t27-/m0/s1. The Balaban J connectivity index is 1.67. The van der Waals surface area contributed by atoms with Crippen LogP contribution in [0.25, 0.3) is 0 Å². The molecule has 3 aromatic carbocycles. The van der Waals surface area contributed by atoms with E-state index in [1.807, 2.05) is 57.2 Å². The highest BCUT2D eigenvalue weighted by Crippen LogP contribution is 2.42. The molecule has 0 aromatic heterocycles. The zero-order valence-corrected chi connectivity index (χ0v) is 23.1. The summed E-state index contributed by atoms with van der Waals surface area (Å²) in [4.78, 5) is 13.7. The Morgan fingerprint density at radius 3 is 2.30 bits per heavy atom. The molecule has 3 aromatic rings. The molecule has 1 aliphatic heterocycles. The van der Waals surface area contributed by atoms with Gasteiger partial charge in [0.1, 0.15) is 17.9 Å². The third-order valence-corrected chi connectivity index (χ3v) is 9.28. The maximum Gasteiger partial charge on any atom is 0.264 e. The van der Waals surface area contributed by atoms with Gasteiger partial charge in [-0.25, -0.2) is 8.42 Å². The van der Waals surface area contributed by atoms with E-state index < -0.39 is 10.0 Å². The summed E-state index contributed by atoms with van der Waals surface area (Å²) < 4.78 is 35.2. The van der Waals surface area contributed by atoms with Crippen molar-refractivity contribution in [2.45, 2.75) is 70.4 Å². The van der Waals surface area contributed by atoms with Crippen LogP contribution >= 0.6 is 0 Å². The molecular weight excluding hydrogens is 484 g/mol. The van der Waals surface area contributed by atoms with Gasteiger partial charge in [-0.1, -0.05) is 55.8 Å². The Labute approximate surface area is 220 Å². The van der Waals surface area contributed by atoms with E-state index >= 15 is 0 Å². The summed E-state index contributed by atoms with van der Waals surface area (Å²) in [6.45, 7) is 9.66. The topological polar surface area (TPSA) is 75.7 Å². The lowest BCUT2D eigenvalue weighted by molar-refractivity contribution is -0.121. The van der Waals surface area contributed by atoms with E-state index in [1.165, 1.54) is 4.31 Å². The fraction of sp³-hybridized carbons (Fsp3) is 0.367. The molecule has 6 nitrogen and oxygen atoms in total. The highest BCUT2D eigenvalue weighted by Gasteiger charge is 2.39. The highest BCUT2D eigenvalue weighted by atomic mass is 32.2. The molecule has 0 spiro atoms. The van der Waals surface area contributed by atoms with Crippen LogP contribution < -0.4 is 14.4 Å². The van der Waals surface area contributed by atoms with Crippen LogP contribution in [0.3, 0.4) is 0 Å². The maximum absolute atomic E-state index is 13.8. The van der Waals surface area contributed by atoms with Crippen LogP contribution in [0.5, 0.6) is 5.75 Å². The first-order valence-electron chi connectivity index (χ1n) is 12.8. The van der Waals surface area contributed by atoms with Crippen molar-refractivity contribution in [1.29, 1.82) is 0 Å². The minimum Gasteiger partial charge on any atom is -0.487 e. The largest absolute Gasteiger partial charge is 0.487 e. The van der Waals surface area contributed by atoms with E-state index in [1.54, 1.807) is 30.3 Å². The van der Waals surface area contributed by atoms with E-state index in [9.17, 15) is 13.2 Å². The van der Waals surface area contributed by atoms with Crippen LogP contribution in [-0.2, 0) is 14.8 Å². The molecule has 1 N–H and O–H groups in total. The van der Waals surface area contributed by atoms with Crippen LogP contribution in [-0.4, -0.2) is 26.5 Å². The maximum atomic E-state index is 13.8. The SMILES string of the molecule is CCC1(CC)C[C@H](NC(=O)CN(c2ccc(C)c(C)c2)S(=O)(=O)c2ccc(C)cc2)c2ccccc2O1. The molecule has 1 amide bonds. The van der Waals surface area contributed by atoms with Crippen molar-refractivity contribution in [1.82, 2.24) is 5.32 Å². The molecule has 196 valence electrons. The Kier molecular flexibility index (Phi) is 7.64. The van der Waals surface area contributed by atoms with Gasteiger partial charge in [-0.3, -0.25) is 9.10 Å². The number of aryl methyl sites for hydroxylation is 3. The summed E-state index contributed by atoms with van der Waals surface area (Å²) in [6, 6.07) is 19.6. The zero-order valence-electron chi connectivity index (χ0n) is 22.2. The van der Waals surface area contributed by atoms with Crippen molar-refractivity contribution >= 4 is 21.6 Å². The number of hydrogen-bond donors (Lipinski definition) is 1. The molecule has 0 unspecified atom stereocenters. The van der Waals surface area contributed by atoms with Crippen LogP contribution in [0.1, 0.15) is 61.4 Å². The summed E-state index contributed by atoms with van der Waals surface area (Å²) in [5.41, 5.74) is 3.96. The smallest absolute Gasteiger partial charge is 0.264 e. The number of para-hydroxylation sites is 1.